The first-order chi connectivity index (χ1) is 7.33. The zero-order chi connectivity index (χ0) is 12.3. The van der Waals surface area contributed by atoms with Gasteiger partial charge in [0.2, 0.25) is 10.0 Å². The molecule has 0 atom stereocenters. The van der Waals surface area contributed by atoms with E-state index in [1.54, 1.807) is 0 Å². The number of anilines is 1. The van der Waals surface area contributed by atoms with Gasteiger partial charge < -0.3 is 5.11 Å². The largest absolute Gasteiger partial charge is 0.478 e. The van der Waals surface area contributed by atoms with Crippen LogP contribution in [0.2, 0.25) is 0 Å². The molecule has 0 unspecified atom stereocenters. The van der Waals surface area contributed by atoms with Crippen molar-refractivity contribution < 1.29 is 23.1 Å². The maximum absolute atomic E-state index is 11.0. The molecule has 0 saturated heterocycles. The van der Waals surface area contributed by atoms with Crippen LogP contribution >= 0.6 is 0 Å². The third-order valence-corrected chi connectivity index (χ3v) is 2.30. The van der Waals surface area contributed by atoms with Crippen LogP contribution in [0, 0.1) is 0 Å². The second-order valence-corrected chi connectivity index (χ2v) is 4.85. The van der Waals surface area contributed by atoms with Crippen molar-refractivity contribution in [2.24, 2.45) is 0 Å². The predicted octanol–water partition coefficient (Wildman–Crippen LogP) is 0.569. The van der Waals surface area contributed by atoms with E-state index in [1.807, 2.05) is 0 Å². The quantitative estimate of drug-likeness (QED) is 0.753. The summed E-state index contributed by atoms with van der Waals surface area (Å²) in [6, 6.07) is 3.66. The van der Waals surface area contributed by atoms with Crippen molar-refractivity contribution in [2.45, 2.75) is 0 Å². The van der Waals surface area contributed by atoms with Crippen LogP contribution in [0.4, 0.5) is 5.69 Å². The highest BCUT2D eigenvalue weighted by Crippen LogP contribution is 2.18. The zero-order valence-electron chi connectivity index (χ0n) is 8.30. The van der Waals surface area contributed by atoms with Crippen molar-refractivity contribution in [3.05, 3.63) is 29.3 Å². The molecule has 6 nitrogen and oxygen atoms in total. The number of carbonyl (C=O) groups is 2. The molecule has 0 aliphatic carbocycles. The fourth-order valence-corrected chi connectivity index (χ4v) is 1.68. The summed E-state index contributed by atoms with van der Waals surface area (Å²) >= 11 is 0. The summed E-state index contributed by atoms with van der Waals surface area (Å²) in [6.07, 6.45) is 1.39. The van der Waals surface area contributed by atoms with Gasteiger partial charge in [0.25, 0.3) is 0 Å². The van der Waals surface area contributed by atoms with E-state index in [1.165, 1.54) is 12.1 Å². The highest BCUT2D eigenvalue weighted by atomic mass is 32.2. The third kappa shape index (κ3) is 3.06. The van der Waals surface area contributed by atoms with Gasteiger partial charge in [-0.15, -0.1) is 0 Å². The molecule has 1 aromatic rings. The Labute approximate surface area is 92.0 Å². The molecule has 1 aromatic carbocycles. The minimum atomic E-state index is -3.55. The molecule has 0 spiro atoms. The number of nitrogens with one attached hydrogen (secondary N) is 1. The van der Waals surface area contributed by atoms with Gasteiger partial charge in [0.15, 0.2) is 0 Å². The van der Waals surface area contributed by atoms with Crippen LogP contribution in [-0.4, -0.2) is 32.0 Å². The first-order valence-electron chi connectivity index (χ1n) is 4.14. The molecular formula is C9H9NO5S. The lowest BCUT2D eigenvalue weighted by atomic mass is 10.1. The Morgan fingerprint density at radius 1 is 1.44 bits per heavy atom. The van der Waals surface area contributed by atoms with E-state index in [2.05, 4.69) is 4.72 Å². The van der Waals surface area contributed by atoms with E-state index in [-0.39, 0.29) is 16.8 Å². The van der Waals surface area contributed by atoms with Gasteiger partial charge >= 0.3 is 5.97 Å². The fourth-order valence-electron chi connectivity index (χ4n) is 1.10. The average molecular weight is 243 g/mol. The van der Waals surface area contributed by atoms with E-state index in [0.29, 0.717) is 6.29 Å². The Morgan fingerprint density at radius 2 is 2.06 bits per heavy atom. The lowest BCUT2D eigenvalue weighted by Crippen LogP contribution is -2.13. The molecule has 0 heterocycles. The molecule has 16 heavy (non-hydrogen) atoms. The molecular weight excluding hydrogens is 234 g/mol. The number of carboxylic acids is 1. The smallest absolute Gasteiger partial charge is 0.337 e. The molecule has 0 radical (unpaired) electrons. The van der Waals surface area contributed by atoms with Crippen molar-refractivity contribution in [2.75, 3.05) is 11.0 Å². The van der Waals surface area contributed by atoms with Gasteiger partial charge in [-0.1, -0.05) is 0 Å². The van der Waals surface area contributed by atoms with Gasteiger partial charge in [0, 0.05) is 5.56 Å². The summed E-state index contributed by atoms with van der Waals surface area (Å²) in [6.45, 7) is 0. The number of rotatable bonds is 4. The van der Waals surface area contributed by atoms with E-state index in [4.69, 9.17) is 5.11 Å². The van der Waals surface area contributed by atoms with Gasteiger partial charge in [-0.25, -0.2) is 13.2 Å². The number of hydrogen-bond donors (Lipinski definition) is 2. The Bertz CT molecular complexity index is 535. The molecule has 0 fully saturated rings. The third-order valence-electron chi connectivity index (χ3n) is 1.71. The summed E-state index contributed by atoms with van der Waals surface area (Å²) in [5.74, 6) is -1.31. The summed E-state index contributed by atoms with van der Waals surface area (Å²) in [7, 11) is -3.55. The Hall–Kier alpha value is -1.89. The molecule has 86 valence electrons. The molecule has 0 aliphatic rings. The first kappa shape index (κ1) is 12.2. The van der Waals surface area contributed by atoms with Gasteiger partial charge in [-0.05, 0) is 18.2 Å². The number of aldehydes is 1. The topological polar surface area (TPSA) is 101 Å². The molecule has 0 bridgehead atoms. The Kier molecular flexibility index (Phi) is 3.28. The fraction of sp³-hybridized carbons (Fsp3) is 0.111. The van der Waals surface area contributed by atoms with Crippen LogP contribution in [-0.2, 0) is 10.0 Å². The van der Waals surface area contributed by atoms with Crippen LogP contribution in [0.1, 0.15) is 20.7 Å². The van der Waals surface area contributed by atoms with Crippen molar-refractivity contribution in [1.29, 1.82) is 0 Å². The van der Waals surface area contributed by atoms with Crippen molar-refractivity contribution in [1.82, 2.24) is 0 Å². The number of carbonyl (C=O) groups excluding carboxylic acids is 1. The SMILES string of the molecule is CS(=O)(=O)Nc1ccc(C=O)cc1C(=O)O. The minimum Gasteiger partial charge on any atom is -0.478 e. The Balaban J connectivity index is 3.28. The van der Waals surface area contributed by atoms with Crippen molar-refractivity contribution in [3.8, 4) is 0 Å². The van der Waals surface area contributed by atoms with Gasteiger partial charge in [-0.2, -0.15) is 0 Å². The summed E-state index contributed by atoms with van der Waals surface area (Å²) in [4.78, 5) is 21.3. The normalized spacial score (nSPS) is 10.8. The highest BCUT2D eigenvalue weighted by Gasteiger charge is 2.13. The number of carboxylic acid groups (broad SMARTS) is 1. The maximum atomic E-state index is 11.0. The van der Waals surface area contributed by atoms with Crippen LogP contribution in [0.25, 0.3) is 0 Å². The number of benzene rings is 1. The van der Waals surface area contributed by atoms with Crippen LogP contribution in [0.3, 0.4) is 0 Å². The van der Waals surface area contributed by atoms with E-state index < -0.39 is 16.0 Å². The number of hydrogen-bond acceptors (Lipinski definition) is 4. The molecule has 1 rings (SSSR count). The van der Waals surface area contributed by atoms with E-state index in [9.17, 15) is 18.0 Å². The molecule has 0 aromatic heterocycles. The second kappa shape index (κ2) is 4.31. The van der Waals surface area contributed by atoms with Crippen LogP contribution < -0.4 is 4.72 Å². The standard InChI is InChI=1S/C9H9NO5S/c1-16(14,15)10-8-3-2-6(5-11)4-7(8)9(12)13/h2-5,10H,1H3,(H,12,13). The lowest BCUT2D eigenvalue weighted by molar-refractivity contribution is 0.0698. The predicted molar refractivity (Wildman–Crippen MR) is 57.3 cm³/mol. The number of sulfonamides is 1. The second-order valence-electron chi connectivity index (χ2n) is 3.10. The molecule has 7 heteroatoms. The summed E-state index contributed by atoms with van der Waals surface area (Å²) < 4.78 is 24.0. The van der Waals surface area contributed by atoms with Gasteiger partial charge in [0.05, 0.1) is 17.5 Å². The van der Waals surface area contributed by atoms with Crippen molar-refractivity contribution >= 4 is 28.0 Å². The number of aromatic carboxylic acids is 1. The zero-order valence-corrected chi connectivity index (χ0v) is 9.11. The maximum Gasteiger partial charge on any atom is 0.337 e. The molecule has 0 saturated carbocycles. The summed E-state index contributed by atoms with van der Waals surface area (Å²) in [5, 5.41) is 8.83. The molecule has 2 N–H and O–H groups in total. The summed E-state index contributed by atoms with van der Waals surface area (Å²) in [5.41, 5.74) is -0.174. The van der Waals surface area contributed by atoms with E-state index in [0.717, 1.165) is 12.3 Å². The van der Waals surface area contributed by atoms with Crippen LogP contribution in [0.15, 0.2) is 18.2 Å². The van der Waals surface area contributed by atoms with Crippen molar-refractivity contribution in [3.63, 3.8) is 0 Å². The minimum absolute atomic E-state index is 0.0689. The highest BCUT2D eigenvalue weighted by molar-refractivity contribution is 7.92. The molecule has 0 amide bonds. The lowest BCUT2D eigenvalue weighted by Gasteiger charge is -2.07. The monoisotopic (exact) mass is 243 g/mol. The van der Waals surface area contributed by atoms with Gasteiger partial charge in [0.1, 0.15) is 6.29 Å². The van der Waals surface area contributed by atoms with E-state index >= 15 is 0 Å². The van der Waals surface area contributed by atoms with Gasteiger partial charge in [-0.3, -0.25) is 9.52 Å². The molecule has 0 aliphatic heterocycles. The Morgan fingerprint density at radius 3 is 2.50 bits per heavy atom. The average Bonchev–Trinajstić information content (AvgIpc) is 2.15. The van der Waals surface area contributed by atoms with Crippen LogP contribution in [0.5, 0.6) is 0 Å². The first-order valence-corrected chi connectivity index (χ1v) is 6.03.